The Morgan fingerprint density at radius 3 is 2.31 bits per heavy atom. The molecule has 1 aliphatic heterocycles. The molecule has 1 N–H and O–H groups in total. The molecule has 1 saturated heterocycles. The number of nitrogens with zero attached hydrogens (tertiary/aromatic N) is 3. The van der Waals surface area contributed by atoms with Crippen LogP contribution in [0.15, 0.2) is 120 Å². The fourth-order valence-corrected chi connectivity index (χ4v) is 7.31. The second kappa shape index (κ2) is 14.9. The summed E-state index contributed by atoms with van der Waals surface area (Å²) in [4.78, 5) is 28.6. The lowest BCUT2D eigenvalue weighted by Gasteiger charge is -2.22. The van der Waals surface area contributed by atoms with Crippen LogP contribution in [-0.4, -0.2) is 33.6 Å². The smallest absolute Gasteiger partial charge is 0.301 e. The number of carbonyl (C=O) groups excluding carboxylic acids is 2. The molecule has 1 aromatic heterocycles. The van der Waals surface area contributed by atoms with Crippen molar-refractivity contribution in [1.29, 1.82) is 0 Å². The number of hydrogen-bond acceptors (Lipinski definition) is 9. The molecular weight excluding hydrogens is 666 g/mol. The number of ketones is 1. The van der Waals surface area contributed by atoms with Gasteiger partial charge in [-0.2, -0.15) is 0 Å². The van der Waals surface area contributed by atoms with Crippen molar-refractivity contribution in [2.75, 3.05) is 11.5 Å². The maximum absolute atomic E-state index is 13.7. The van der Waals surface area contributed by atoms with E-state index in [1.54, 1.807) is 54.6 Å². The summed E-state index contributed by atoms with van der Waals surface area (Å²) in [6, 6.07) is 28.3. The Balaban J connectivity index is 1.31. The van der Waals surface area contributed by atoms with E-state index < -0.39 is 17.7 Å². The number of anilines is 1. The zero-order chi connectivity index (χ0) is 33.6. The summed E-state index contributed by atoms with van der Waals surface area (Å²) < 4.78 is 12.2. The molecule has 0 saturated carbocycles. The molecule has 0 spiro atoms. The van der Waals surface area contributed by atoms with E-state index >= 15 is 0 Å². The van der Waals surface area contributed by atoms with Crippen molar-refractivity contribution in [1.82, 2.24) is 10.2 Å². The van der Waals surface area contributed by atoms with E-state index in [0.717, 1.165) is 16.7 Å². The molecular formula is C37H30ClN3O5S2. The van der Waals surface area contributed by atoms with Gasteiger partial charge in [-0.25, -0.2) is 0 Å². The van der Waals surface area contributed by atoms with Gasteiger partial charge in [0.25, 0.3) is 5.78 Å². The predicted octanol–water partition coefficient (Wildman–Crippen LogP) is 8.56. The van der Waals surface area contributed by atoms with Gasteiger partial charge in [0.2, 0.25) is 5.13 Å². The topological polar surface area (TPSA) is 102 Å². The first-order valence-electron chi connectivity index (χ1n) is 15.0. The lowest BCUT2D eigenvalue weighted by atomic mass is 9.95. The SMILES string of the molecule is C=CCOc1ccc(C2C(=C(O)c3ccc(OCc4ccccc4C)cc3)C(=O)C(=O)N2c2nnc(SCc3ccccc3Cl)s2)cc1. The second-order valence-corrected chi connectivity index (χ2v) is 13.4. The van der Waals surface area contributed by atoms with Crippen molar-refractivity contribution in [2.24, 2.45) is 0 Å². The van der Waals surface area contributed by atoms with E-state index in [9.17, 15) is 14.7 Å². The van der Waals surface area contributed by atoms with Gasteiger partial charge in [0.05, 0.1) is 11.6 Å². The molecule has 48 heavy (non-hydrogen) atoms. The van der Waals surface area contributed by atoms with E-state index in [4.69, 9.17) is 21.1 Å². The largest absolute Gasteiger partial charge is 0.507 e. The molecule has 242 valence electrons. The fourth-order valence-electron chi connectivity index (χ4n) is 5.16. The van der Waals surface area contributed by atoms with E-state index in [1.807, 2.05) is 55.5 Å². The zero-order valence-corrected chi connectivity index (χ0v) is 28.2. The summed E-state index contributed by atoms with van der Waals surface area (Å²) in [6.07, 6.45) is 1.64. The lowest BCUT2D eigenvalue weighted by molar-refractivity contribution is -0.132. The number of rotatable bonds is 12. The molecule has 1 unspecified atom stereocenters. The van der Waals surface area contributed by atoms with Gasteiger partial charge in [-0.05, 0) is 71.6 Å². The van der Waals surface area contributed by atoms with Gasteiger partial charge in [-0.15, -0.1) is 10.2 Å². The molecule has 5 aromatic rings. The number of benzene rings is 4. The Morgan fingerprint density at radius 1 is 0.938 bits per heavy atom. The van der Waals surface area contributed by atoms with Crippen LogP contribution in [0.4, 0.5) is 5.13 Å². The van der Waals surface area contributed by atoms with E-state index in [-0.39, 0.29) is 16.5 Å². The van der Waals surface area contributed by atoms with Crippen molar-refractivity contribution < 1.29 is 24.2 Å². The number of hydrogen-bond donors (Lipinski definition) is 1. The first-order valence-corrected chi connectivity index (χ1v) is 17.1. The first kappa shape index (κ1) is 33.0. The zero-order valence-electron chi connectivity index (χ0n) is 25.8. The van der Waals surface area contributed by atoms with Crippen LogP contribution in [0, 0.1) is 6.92 Å². The molecule has 1 aliphatic rings. The van der Waals surface area contributed by atoms with Gasteiger partial charge in [0.15, 0.2) is 4.34 Å². The van der Waals surface area contributed by atoms with Gasteiger partial charge < -0.3 is 14.6 Å². The Morgan fingerprint density at radius 2 is 1.60 bits per heavy atom. The molecule has 6 rings (SSSR count). The number of Topliss-reactive ketones (excluding diaryl/α,β-unsaturated/α-hetero) is 1. The molecule has 11 heteroatoms. The molecule has 0 radical (unpaired) electrons. The van der Waals surface area contributed by atoms with Crippen molar-refractivity contribution in [3.63, 3.8) is 0 Å². The molecule has 1 atom stereocenters. The third kappa shape index (κ3) is 7.16. The Hall–Kier alpha value is -4.90. The number of thioether (sulfide) groups is 1. The summed E-state index contributed by atoms with van der Waals surface area (Å²) in [7, 11) is 0. The highest BCUT2D eigenvalue weighted by molar-refractivity contribution is 8.00. The van der Waals surface area contributed by atoms with Crippen LogP contribution in [0.5, 0.6) is 11.5 Å². The Bertz CT molecular complexity index is 1990. The van der Waals surface area contributed by atoms with E-state index in [2.05, 4.69) is 16.8 Å². The Kier molecular flexibility index (Phi) is 10.2. The maximum atomic E-state index is 13.7. The molecule has 1 amide bonds. The van der Waals surface area contributed by atoms with Crippen LogP contribution in [0.25, 0.3) is 5.76 Å². The summed E-state index contributed by atoms with van der Waals surface area (Å²) >= 11 is 8.93. The van der Waals surface area contributed by atoms with Gasteiger partial charge in [-0.3, -0.25) is 14.5 Å². The van der Waals surface area contributed by atoms with E-state index in [1.165, 1.54) is 28.0 Å². The number of amides is 1. The highest BCUT2D eigenvalue weighted by Crippen LogP contribution is 2.44. The Labute approximate surface area is 291 Å². The average Bonchev–Trinajstić information content (AvgIpc) is 3.68. The molecule has 0 bridgehead atoms. The standard InChI is InChI=1S/C37H30ClN3O5S2/c1-3-20-45-28-16-12-24(13-17-28)32-31(33(42)25-14-18-29(19-15-25)46-21-26-9-5-4-8-23(26)2)34(43)35(44)41(32)36-39-40-37(48-36)47-22-27-10-6-7-11-30(27)38/h3-19,32,42H,1,20-22H2,2H3. The van der Waals surface area contributed by atoms with Gasteiger partial charge in [0.1, 0.15) is 30.5 Å². The average molecular weight is 696 g/mol. The number of ether oxygens (including phenoxy) is 2. The molecule has 0 aliphatic carbocycles. The lowest BCUT2D eigenvalue weighted by Crippen LogP contribution is -2.29. The quantitative estimate of drug-likeness (QED) is 0.0346. The number of aliphatic hydroxyl groups is 1. The van der Waals surface area contributed by atoms with Crippen LogP contribution in [0.1, 0.15) is 33.9 Å². The predicted molar refractivity (Wildman–Crippen MR) is 190 cm³/mol. The minimum Gasteiger partial charge on any atom is -0.507 e. The molecule has 4 aromatic carbocycles. The van der Waals surface area contributed by atoms with Gasteiger partial charge in [0, 0.05) is 16.3 Å². The van der Waals surface area contributed by atoms with Crippen molar-refractivity contribution in [3.8, 4) is 11.5 Å². The minimum atomic E-state index is -0.968. The monoisotopic (exact) mass is 695 g/mol. The second-order valence-electron chi connectivity index (χ2n) is 10.8. The first-order chi connectivity index (χ1) is 23.3. The fraction of sp³-hybridized carbons (Fsp3) is 0.135. The highest BCUT2D eigenvalue weighted by atomic mass is 35.5. The van der Waals surface area contributed by atoms with Crippen LogP contribution in [0.3, 0.4) is 0 Å². The summed E-state index contributed by atoms with van der Waals surface area (Å²) in [6.45, 7) is 6.41. The van der Waals surface area contributed by atoms with E-state index in [0.29, 0.717) is 51.0 Å². The maximum Gasteiger partial charge on any atom is 0.301 e. The number of aromatic nitrogens is 2. The minimum absolute atomic E-state index is 0.0613. The van der Waals surface area contributed by atoms with Crippen LogP contribution >= 0.6 is 34.7 Å². The third-order valence-electron chi connectivity index (χ3n) is 7.70. The number of aliphatic hydroxyl groups excluding tert-OH is 1. The molecule has 8 nitrogen and oxygen atoms in total. The summed E-state index contributed by atoms with van der Waals surface area (Å²) in [5.41, 5.74) is 4.01. The summed E-state index contributed by atoms with van der Waals surface area (Å²) in [5.74, 6) is -0.219. The molecule has 1 fully saturated rings. The summed E-state index contributed by atoms with van der Waals surface area (Å²) in [5, 5.41) is 21.1. The van der Waals surface area contributed by atoms with Gasteiger partial charge >= 0.3 is 5.91 Å². The normalized spacial score (nSPS) is 15.5. The van der Waals surface area contributed by atoms with Crippen molar-refractivity contribution >= 4 is 57.3 Å². The highest BCUT2D eigenvalue weighted by Gasteiger charge is 2.48. The van der Waals surface area contributed by atoms with Crippen LogP contribution in [0.2, 0.25) is 5.02 Å². The number of carbonyl (C=O) groups is 2. The van der Waals surface area contributed by atoms with Gasteiger partial charge in [-0.1, -0.05) is 102 Å². The third-order valence-corrected chi connectivity index (χ3v) is 10.2. The number of halogens is 1. The van der Waals surface area contributed by atoms with Crippen LogP contribution < -0.4 is 14.4 Å². The number of aryl methyl sites for hydroxylation is 1. The molecule has 2 heterocycles. The van der Waals surface area contributed by atoms with Crippen molar-refractivity contribution in [2.45, 2.75) is 29.7 Å². The van der Waals surface area contributed by atoms with Crippen LogP contribution in [-0.2, 0) is 21.9 Å². The van der Waals surface area contributed by atoms with Crippen molar-refractivity contribution in [3.05, 3.63) is 148 Å².